The van der Waals surface area contributed by atoms with Gasteiger partial charge in [0.2, 0.25) is 0 Å². The van der Waals surface area contributed by atoms with Crippen LogP contribution in [0.2, 0.25) is 0 Å². The number of benzene rings is 2. The molecular formula is C16H15NOS. The average Bonchev–Trinajstić information content (AvgIpc) is 2.43. The van der Waals surface area contributed by atoms with Crippen LogP contribution in [-0.2, 0) is 0 Å². The fourth-order valence-electron chi connectivity index (χ4n) is 2.39. The van der Waals surface area contributed by atoms with E-state index in [1.807, 2.05) is 12.1 Å². The normalized spacial score (nSPS) is 12.8. The number of carbonyl (C=O) groups is 1. The Bertz CT molecular complexity index is 651. The molecule has 1 aliphatic rings. The van der Waals surface area contributed by atoms with Crippen molar-refractivity contribution in [3.63, 3.8) is 0 Å². The number of fused-ring (bicyclic) bond motifs is 2. The van der Waals surface area contributed by atoms with Crippen molar-refractivity contribution in [2.45, 2.75) is 23.6 Å². The molecule has 19 heavy (non-hydrogen) atoms. The summed E-state index contributed by atoms with van der Waals surface area (Å²) in [6.45, 7) is 4.68. The maximum absolute atomic E-state index is 11.5. The summed E-state index contributed by atoms with van der Waals surface area (Å²) in [5, 5.41) is 0. The lowest BCUT2D eigenvalue weighted by molar-refractivity contribution is 0.101. The minimum absolute atomic E-state index is 0.116. The summed E-state index contributed by atoms with van der Waals surface area (Å²) in [5.74, 6) is 0.116. The molecule has 0 saturated carbocycles. The lowest BCUT2D eigenvalue weighted by Crippen LogP contribution is -2.20. The molecular weight excluding hydrogens is 254 g/mol. The SMILES string of the molecule is CCN1c2ccccc2Sc2cc(C(C)=O)ccc21. The van der Waals surface area contributed by atoms with Crippen LogP contribution < -0.4 is 4.90 Å². The Morgan fingerprint density at radius 3 is 2.58 bits per heavy atom. The smallest absolute Gasteiger partial charge is 0.159 e. The summed E-state index contributed by atoms with van der Waals surface area (Å²) >= 11 is 1.74. The van der Waals surface area contributed by atoms with E-state index in [0.717, 1.165) is 17.0 Å². The van der Waals surface area contributed by atoms with Crippen molar-refractivity contribution in [2.75, 3.05) is 11.4 Å². The Kier molecular flexibility index (Phi) is 3.07. The highest BCUT2D eigenvalue weighted by Crippen LogP contribution is 2.48. The number of hydrogen-bond donors (Lipinski definition) is 0. The molecule has 0 N–H and O–H groups in total. The van der Waals surface area contributed by atoms with Gasteiger partial charge in [-0.3, -0.25) is 4.79 Å². The van der Waals surface area contributed by atoms with Gasteiger partial charge in [0.05, 0.1) is 11.4 Å². The summed E-state index contributed by atoms with van der Waals surface area (Å²) in [5.41, 5.74) is 3.22. The highest BCUT2D eigenvalue weighted by molar-refractivity contribution is 7.99. The van der Waals surface area contributed by atoms with Gasteiger partial charge in [-0.1, -0.05) is 23.9 Å². The first-order valence-corrected chi connectivity index (χ1v) is 7.21. The van der Waals surface area contributed by atoms with Gasteiger partial charge in [-0.2, -0.15) is 0 Å². The highest BCUT2D eigenvalue weighted by Gasteiger charge is 2.22. The molecule has 0 unspecified atom stereocenters. The van der Waals surface area contributed by atoms with Crippen molar-refractivity contribution in [3.8, 4) is 0 Å². The second-order valence-corrected chi connectivity index (χ2v) is 5.64. The number of ketones is 1. The molecule has 0 spiro atoms. The maximum atomic E-state index is 11.5. The van der Waals surface area contributed by atoms with E-state index < -0.39 is 0 Å². The quantitative estimate of drug-likeness (QED) is 0.748. The van der Waals surface area contributed by atoms with Gasteiger partial charge in [0.15, 0.2) is 5.78 Å². The van der Waals surface area contributed by atoms with E-state index in [-0.39, 0.29) is 5.78 Å². The molecule has 96 valence electrons. The molecule has 0 fully saturated rings. The Morgan fingerprint density at radius 1 is 1.11 bits per heavy atom. The molecule has 1 aliphatic heterocycles. The first-order chi connectivity index (χ1) is 9.20. The largest absolute Gasteiger partial charge is 0.340 e. The number of carbonyl (C=O) groups excluding carboxylic acids is 1. The number of anilines is 2. The van der Waals surface area contributed by atoms with Crippen molar-refractivity contribution in [1.29, 1.82) is 0 Å². The maximum Gasteiger partial charge on any atom is 0.159 e. The summed E-state index contributed by atoms with van der Waals surface area (Å²) in [4.78, 5) is 16.2. The first-order valence-electron chi connectivity index (χ1n) is 6.40. The predicted octanol–water partition coefficient (Wildman–Crippen LogP) is 4.51. The molecule has 2 nitrogen and oxygen atoms in total. The highest BCUT2D eigenvalue weighted by atomic mass is 32.2. The van der Waals surface area contributed by atoms with Gasteiger partial charge in [-0.15, -0.1) is 0 Å². The van der Waals surface area contributed by atoms with E-state index in [1.54, 1.807) is 18.7 Å². The van der Waals surface area contributed by atoms with Gasteiger partial charge in [0.1, 0.15) is 0 Å². The molecule has 1 heterocycles. The third-order valence-electron chi connectivity index (χ3n) is 3.35. The van der Waals surface area contributed by atoms with Crippen LogP contribution in [0, 0.1) is 0 Å². The van der Waals surface area contributed by atoms with Crippen molar-refractivity contribution >= 4 is 28.9 Å². The van der Waals surface area contributed by atoms with Crippen LogP contribution in [0.25, 0.3) is 0 Å². The topological polar surface area (TPSA) is 20.3 Å². The minimum atomic E-state index is 0.116. The Hall–Kier alpha value is -1.74. The van der Waals surface area contributed by atoms with E-state index in [4.69, 9.17) is 0 Å². The van der Waals surface area contributed by atoms with Gasteiger partial charge in [0.25, 0.3) is 0 Å². The van der Waals surface area contributed by atoms with Crippen LogP contribution >= 0.6 is 11.8 Å². The third kappa shape index (κ3) is 2.04. The molecule has 0 amide bonds. The van der Waals surface area contributed by atoms with Crippen molar-refractivity contribution in [2.24, 2.45) is 0 Å². The molecule has 0 saturated heterocycles. The second-order valence-electron chi connectivity index (χ2n) is 4.55. The van der Waals surface area contributed by atoms with Gasteiger partial charge in [-0.25, -0.2) is 0 Å². The monoisotopic (exact) mass is 269 g/mol. The Balaban J connectivity index is 2.14. The zero-order valence-corrected chi connectivity index (χ0v) is 11.8. The minimum Gasteiger partial charge on any atom is -0.340 e. The van der Waals surface area contributed by atoms with Crippen molar-refractivity contribution in [3.05, 3.63) is 48.0 Å². The zero-order valence-electron chi connectivity index (χ0n) is 11.0. The molecule has 3 rings (SSSR count). The number of nitrogens with zero attached hydrogens (tertiary/aromatic N) is 1. The molecule has 0 aliphatic carbocycles. The summed E-state index contributed by atoms with van der Waals surface area (Å²) in [7, 11) is 0. The number of para-hydroxylation sites is 1. The lowest BCUT2D eigenvalue weighted by atomic mass is 10.1. The molecule has 2 aromatic carbocycles. The van der Waals surface area contributed by atoms with Crippen LogP contribution in [0.5, 0.6) is 0 Å². The van der Waals surface area contributed by atoms with E-state index >= 15 is 0 Å². The lowest BCUT2D eigenvalue weighted by Gasteiger charge is -2.32. The molecule has 0 aromatic heterocycles. The van der Waals surface area contributed by atoms with Crippen LogP contribution in [-0.4, -0.2) is 12.3 Å². The van der Waals surface area contributed by atoms with E-state index in [2.05, 4.69) is 42.2 Å². The van der Waals surface area contributed by atoms with Crippen LogP contribution in [0.4, 0.5) is 11.4 Å². The van der Waals surface area contributed by atoms with Crippen LogP contribution in [0.1, 0.15) is 24.2 Å². The van der Waals surface area contributed by atoms with Gasteiger partial charge in [-0.05, 0) is 44.2 Å². The molecule has 0 radical (unpaired) electrons. The van der Waals surface area contributed by atoms with Crippen molar-refractivity contribution in [1.82, 2.24) is 0 Å². The molecule has 0 bridgehead atoms. The van der Waals surface area contributed by atoms with Gasteiger partial charge in [0, 0.05) is 21.9 Å². The summed E-state index contributed by atoms with van der Waals surface area (Å²) in [6.07, 6.45) is 0. The first kappa shape index (κ1) is 12.3. The fraction of sp³-hybridized carbons (Fsp3) is 0.188. The van der Waals surface area contributed by atoms with Crippen molar-refractivity contribution < 1.29 is 4.79 Å². The number of rotatable bonds is 2. The Morgan fingerprint density at radius 2 is 1.84 bits per heavy atom. The molecule has 3 heteroatoms. The Labute approximate surface area is 117 Å². The number of hydrogen-bond acceptors (Lipinski definition) is 3. The predicted molar refractivity (Wildman–Crippen MR) is 79.7 cm³/mol. The van der Waals surface area contributed by atoms with Gasteiger partial charge >= 0.3 is 0 Å². The third-order valence-corrected chi connectivity index (χ3v) is 4.46. The van der Waals surface area contributed by atoms with E-state index in [0.29, 0.717) is 0 Å². The fourth-order valence-corrected chi connectivity index (χ4v) is 3.53. The molecule has 0 atom stereocenters. The second kappa shape index (κ2) is 4.74. The summed E-state index contributed by atoms with van der Waals surface area (Å²) in [6, 6.07) is 14.4. The number of Topliss-reactive ketones (excluding diaryl/α,β-unsaturated/α-hetero) is 1. The average molecular weight is 269 g/mol. The summed E-state index contributed by atoms with van der Waals surface area (Å²) < 4.78 is 0. The van der Waals surface area contributed by atoms with Crippen LogP contribution in [0.3, 0.4) is 0 Å². The van der Waals surface area contributed by atoms with Gasteiger partial charge < -0.3 is 4.90 Å². The van der Waals surface area contributed by atoms with Crippen LogP contribution in [0.15, 0.2) is 52.3 Å². The standard InChI is InChI=1S/C16H15NOS/c1-3-17-13-6-4-5-7-15(13)19-16-10-12(11(2)18)8-9-14(16)17/h4-10H,3H2,1-2H3. The van der Waals surface area contributed by atoms with E-state index in [1.165, 1.54) is 16.3 Å². The van der Waals surface area contributed by atoms with E-state index in [9.17, 15) is 4.79 Å². The zero-order chi connectivity index (χ0) is 13.4. The molecule has 2 aromatic rings.